The van der Waals surface area contributed by atoms with Gasteiger partial charge in [0, 0.05) is 5.54 Å². The molecule has 0 saturated carbocycles. The van der Waals surface area contributed by atoms with Crippen molar-refractivity contribution in [3.05, 3.63) is 42.0 Å². The number of tetrazole rings is 1. The summed E-state index contributed by atoms with van der Waals surface area (Å²) in [5.74, 6) is 1.58. The van der Waals surface area contributed by atoms with Crippen LogP contribution >= 0.6 is 0 Å². The monoisotopic (exact) mass is 456 g/mol. The fourth-order valence-electron chi connectivity index (χ4n) is 3.40. The molecule has 10 nitrogen and oxygen atoms in total. The Morgan fingerprint density at radius 3 is 2.64 bits per heavy atom. The summed E-state index contributed by atoms with van der Waals surface area (Å²) < 4.78 is 11.0. The van der Waals surface area contributed by atoms with Gasteiger partial charge in [0.2, 0.25) is 17.6 Å². The minimum absolute atomic E-state index is 0.163. The predicted octanol–water partition coefficient (Wildman–Crippen LogP) is 3.34. The maximum atomic E-state index is 13.4. The van der Waals surface area contributed by atoms with Gasteiger partial charge in [0.15, 0.2) is 5.76 Å². The minimum atomic E-state index is -0.655. The Balaban J connectivity index is 1.83. The van der Waals surface area contributed by atoms with Crippen molar-refractivity contribution < 1.29 is 18.4 Å². The number of carbonyl (C=O) groups excluding carboxylic acids is 2. The second-order valence-corrected chi connectivity index (χ2v) is 9.05. The lowest BCUT2D eigenvalue weighted by Gasteiger charge is -2.33. The lowest BCUT2D eigenvalue weighted by atomic mass is 10.0. The Labute approximate surface area is 193 Å². The Morgan fingerprint density at radius 1 is 1.24 bits per heavy atom. The first kappa shape index (κ1) is 24.2. The highest BCUT2D eigenvalue weighted by atomic mass is 16.3. The van der Waals surface area contributed by atoms with Gasteiger partial charge in [0.25, 0.3) is 0 Å². The second-order valence-electron chi connectivity index (χ2n) is 9.05. The van der Waals surface area contributed by atoms with Crippen LogP contribution in [0.1, 0.15) is 58.5 Å². The van der Waals surface area contributed by atoms with Gasteiger partial charge in [0.05, 0.1) is 12.8 Å². The van der Waals surface area contributed by atoms with Crippen LogP contribution in [0.3, 0.4) is 0 Å². The predicted molar refractivity (Wildman–Crippen MR) is 121 cm³/mol. The lowest BCUT2D eigenvalue weighted by molar-refractivity contribution is -0.143. The van der Waals surface area contributed by atoms with Crippen molar-refractivity contribution in [2.24, 2.45) is 0 Å². The molecule has 3 heterocycles. The third kappa shape index (κ3) is 6.77. The number of hydrogen-bond donors (Lipinski definition) is 1. The highest BCUT2D eigenvalue weighted by molar-refractivity contribution is 5.88. The van der Waals surface area contributed by atoms with E-state index in [4.69, 9.17) is 8.83 Å². The summed E-state index contributed by atoms with van der Waals surface area (Å²) in [6, 6.07) is 6.43. The Morgan fingerprint density at radius 2 is 2.03 bits per heavy atom. The van der Waals surface area contributed by atoms with E-state index in [1.165, 1.54) is 9.70 Å². The third-order valence-electron chi connectivity index (χ3n) is 4.93. The fraction of sp³-hybridized carbons (Fsp3) is 0.522. The molecule has 0 bridgehead atoms. The van der Waals surface area contributed by atoms with Gasteiger partial charge in [-0.05, 0) is 63.6 Å². The quantitative estimate of drug-likeness (QED) is 0.497. The van der Waals surface area contributed by atoms with Crippen LogP contribution in [-0.2, 0) is 22.7 Å². The molecule has 3 aromatic heterocycles. The number of aromatic nitrogens is 4. The van der Waals surface area contributed by atoms with Gasteiger partial charge in [-0.15, -0.1) is 10.2 Å². The van der Waals surface area contributed by atoms with Crippen LogP contribution in [0.2, 0.25) is 0 Å². The van der Waals surface area contributed by atoms with E-state index in [0.29, 0.717) is 23.8 Å². The number of rotatable bonds is 10. The summed E-state index contributed by atoms with van der Waals surface area (Å²) in [6.45, 7) is 9.61. The van der Waals surface area contributed by atoms with Crippen molar-refractivity contribution >= 4 is 11.8 Å². The Kier molecular flexibility index (Phi) is 7.67. The van der Waals surface area contributed by atoms with Crippen molar-refractivity contribution in [1.82, 2.24) is 30.4 Å². The molecule has 3 rings (SSSR count). The summed E-state index contributed by atoms with van der Waals surface area (Å²) in [5, 5.41) is 15.3. The van der Waals surface area contributed by atoms with Gasteiger partial charge < -0.3 is 19.1 Å². The largest absolute Gasteiger partial charge is 0.467 e. The van der Waals surface area contributed by atoms with Gasteiger partial charge >= 0.3 is 0 Å². The molecule has 3 aromatic rings. The Bertz CT molecular complexity index is 1050. The number of nitrogens with one attached hydrogen (secondary N) is 1. The highest BCUT2D eigenvalue weighted by Gasteiger charge is 2.32. The molecule has 0 radical (unpaired) electrons. The standard InChI is InChI=1S/C23H32N6O4/c1-6-7-10-18(22(31)24-23(3,4)5)28(14-17-9-8-13-32-17)20(30)15-29-26-21(25-27-29)19-12-11-16(2)33-19/h8-9,11-13,18H,6-7,10,14-15H2,1-5H3,(H,24,31)/t18-/m0/s1. The molecular weight excluding hydrogens is 424 g/mol. The molecule has 0 aromatic carbocycles. The first-order valence-corrected chi connectivity index (χ1v) is 11.1. The number of hydrogen-bond acceptors (Lipinski definition) is 7. The first-order chi connectivity index (χ1) is 15.7. The van der Waals surface area contributed by atoms with Crippen molar-refractivity contribution in [2.45, 2.75) is 78.6 Å². The van der Waals surface area contributed by atoms with Crippen LogP contribution in [0, 0.1) is 6.92 Å². The normalized spacial score (nSPS) is 12.5. The molecule has 1 N–H and O–H groups in total. The van der Waals surface area contributed by atoms with E-state index in [0.717, 1.165) is 18.6 Å². The maximum Gasteiger partial charge on any atom is 0.247 e. The SMILES string of the molecule is CCCC[C@@H](C(=O)NC(C)(C)C)N(Cc1ccco1)C(=O)Cn1nnc(-c2ccc(C)o2)n1. The average Bonchev–Trinajstić information content (AvgIpc) is 3.48. The number of furan rings is 2. The van der Waals surface area contributed by atoms with Gasteiger partial charge in [-0.2, -0.15) is 4.80 Å². The molecule has 10 heteroatoms. The van der Waals surface area contributed by atoms with Crippen LogP contribution in [0.4, 0.5) is 0 Å². The zero-order valence-corrected chi connectivity index (χ0v) is 19.9. The molecule has 0 aliphatic carbocycles. The van der Waals surface area contributed by atoms with Crippen LogP contribution in [0.15, 0.2) is 39.4 Å². The summed E-state index contributed by atoms with van der Waals surface area (Å²) in [6.07, 6.45) is 3.78. The molecule has 178 valence electrons. The van der Waals surface area contributed by atoms with E-state index in [9.17, 15) is 9.59 Å². The van der Waals surface area contributed by atoms with E-state index < -0.39 is 11.6 Å². The molecule has 33 heavy (non-hydrogen) atoms. The lowest BCUT2D eigenvalue weighted by Crippen LogP contribution is -2.54. The number of carbonyl (C=O) groups is 2. The minimum Gasteiger partial charge on any atom is -0.467 e. The van der Waals surface area contributed by atoms with E-state index in [2.05, 4.69) is 27.7 Å². The third-order valence-corrected chi connectivity index (χ3v) is 4.93. The van der Waals surface area contributed by atoms with Crippen LogP contribution < -0.4 is 5.32 Å². The number of nitrogens with zero attached hydrogens (tertiary/aromatic N) is 5. The van der Waals surface area contributed by atoms with E-state index in [1.54, 1.807) is 30.5 Å². The number of unbranched alkanes of at least 4 members (excludes halogenated alkanes) is 1. The topological polar surface area (TPSA) is 119 Å². The molecular formula is C23H32N6O4. The zero-order chi connectivity index (χ0) is 24.0. The molecule has 0 fully saturated rings. The molecule has 0 aliphatic rings. The van der Waals surface area contributed by atoms with Crippen molar-refractivity contribution in [2.75, 3.05) is 0 Å². The van der Waals surface area contributed by atoms with Crippen molar-refractivity contribution in [3.8, 4) is 11.6 Å². The number of aryl methyl sites for hydroxylation is 1. The molecule has 2 amide bonds. The Hall–Kier alpha value is -3.43. The molecule has 1 atom stereocenters. The van der Waals surface area contributed by atoms with Crippen LogP contribution in [0.25, 0.3) is 11.6 Å². The summed E-state index contributed by atoms with van der Waals surface area (Å²) in [4.78, 5) is 29.3. The molecule has 0 saturated heterocycles. The van der Waals surface area contributed by atoms with Crippen molar-refractivity contribution in [3.63, 3.8) is 0 Å². The fourth-order valence-corrected chi connectivity index (χ4v) is 3.40. The summed E-state index contributed by atoms with van der Waals surface area (Å²) in [7, 11) is 0. The summed E-state index contributed by atoms with van der Waals surface area (Å²) in [5.41, 5.74) is -0.426. The summed E-state index contributed by atoms with van der Waals surface area (Å²) >= 11 is 0. The van der Waals surface area contributed by atoms with Crippen LogP contribution in [0.5, 0.6) is 0 Å². The highest BCUT2D eigenvalue weighted by Crippen LogP contribution is 2.18. The van der Waals surface area contributed by atoms with Gasteiger partial charge in [-0.25, -0.2) is 0 Å². The number of amides is 2. The van der Waals surface area contributed by atoms with E-state index in [1.807, 2.05) is 27.7 Å². The van der Waals surface area contributed by atoms with E-state index >= 15 is 0 Å². The molecule has 0 spiro atoms. The smallest absolute Gasteiger partial charge is 0.247 e. The average molecular weight is 457 g/mol. The maximum absolute atomic E-state index is 13.4. The molecule has 0 aliphatic heterocycles. The van der Waals surface area contributed by atoms with E-state index in [-0.39, 0.29) is 24.9 Å². The van der Waals surface area contributed by atoms with Gasteiger partial charge in [-0.1, -0.05) is 19.8 Å². The first-order valence-electron chi connectivity index (χ1n) is 11.1. The molecule has 0 unspecified atom stereocenters. The zero-order valence-electron chi connectivity index (χ0n) is 19.9. The second kappa shape index (κ2) is 10.5. The van der Waals surface area contributed by atoms with Gasteiger partial charge in [-0.3, -0.25) is 9.59 Å². The van der Waals surface area contributed by atoms with Crippen molar-refractivity contribution in [1.29, 1.82) is 0 Å². The van der Waals surface area contributed by atoms with Gasteiger partial charge in [0.1, 0.15) is 24.1 Å². The van der Waals surface area contributed by atoms with Crippen LogP contribution in [-0.4, -0.2) is 48.5 Å².